The van der Waals surface area contributed by atoms with Crippen LogP contribution in [0.5, 0.6) is 0 Å². The highest BCUT2D eigenvalue weighted by atomic mass is 16.5. The SMILES string of the molecule is CCCCCCCCCCCCCCOC(=O)CCC(C)(C)C. The van der Waals surface area contributed by atoms with Gasteiger partial charge in [0.1, 0.15) is 0 Å². The van der Waals surface area contributed by atoms with Crippen LogP contribution in [0.15, 0.2) is 0 Å². The minimum absolute atomic E-state index is 0.0250. The highest BCUT2D eigenvalue weighted by Crippen LogP contribution is 2.20. The second-order valence-electron chi connectivity index (χ2n) is 8.17. The Hall–Kier alpha value is -0.530. The summed E-state index contributed by atoms with van der Waals surface area (Å²) in [4.78, 5) is 11.6. The van der Waals surface area contributed by atoms with Gasteiger partial charge in [-0.15, -0.1) is 0 Å². The first-order valence-corrected chi connectivity index (χ1v) is 10.1. The summed E-state index contributed by atoms with van der Waals surface area (Å²) in [5.41, 5.74) is 0.217. The minimum Gasteiger partial charge on any atom is -0.466 e. The monoisotopic (exact) mass is 326 g/mol. The molecule has 0 aromatic heterocycles. The quantitative estimate of drug-likeness (QED) is 0.238. The van der Waals surface area contributed by atoms with E-state index in [9.17, 15) is 4.79 Å². The van der Waals surface area contributed by atoms with Crippen molar-refractivity contribution in [3.8, 4) is 0 Å². The molecule has 138 valence electrons. The van der Waals surface area contributed by atoms with Crippen LogP contribution in [-0.4, -0.2) is 12.6 Å². The maximum absolute atomic E-state index is 11.6. The van der Waals surface area contributed by atoms with E-state index < -0.39 is 0 Å². The largest absolute Gasteiger partial charge is 0.466 e. The summed E-state index contributed by atoms with van der Waals surface area (Å²) in [6.07, 6.45) is 17.5. The lowest BCUT2D eigenvalue weighted by Crippen LogP contribution is -2.11. The van der Waals surface area contributed by atoms with Gasteiger partial charge in [-0.3, -0.25) is 4.79 Å². The van der Waals surface area contributed by atoms with Crippen molar-refractivity contribution in [2.24, 2.45) is 5.41 Å². The van der Waals surface area contributed by atoms with Crippen LogP contribution in [0.4, 0.5) is 0 Å². The molecule has 23 heavy (non-hydrogen) atoms. The Labute approximate surface area is 145 Å². The van der Waals surface area contributed by atoms with Gasteiger partial charge >= 0.3 is 5.97 Å². The molecule has 2 nitrogen and oxygen atoms in total. The Kier molecular flexibility index (Phi) is 14.7. The minimum atomic E-state index is -0.0250. The zero-order valence-corrected chi connectivity index (χ0v) is 16.4. The Morgan fingerprint density at radius 2 is 1.17 bits per heavy atom. The van der Waals surface area contributed by atoms with Crippen molar-refractivity contribution >= 4 is 5.97 Å². The van der Waals surface area contributed by atoms with Gasteiger partial charge < -0.3 is 4.74 Å². The van der Waals surface area contributed by atoms with Gasteiger partial charge in [0, 0.05) is 6.42 Å². The zero-order valence-electron chi connectivity index (χ0n) is 16.4. The smallest absolute Gasteiger partial charge is 0.305 e. The summed E-state index contributed by atoms with van der Waals surface area (Å²) in [5.74, 6) is -0.0250. The maximum atomic E-state index is 11.6. The van der Waals surface area contributed by atoms with Crippen molar-refractivity contribution in [1.29, 1.82) is 0 Å². The van der Waals surface area contributed by atoms with Gasteiger partial charge in [0.15, 0.2) is 0 Å². The number of rotatable bonds is 15. The molecule has 0 aliphatic heterocycles. The van der Waals surface area contributed by atoms with Crippen molar-refractivity contribution in [2.75, 3.05) is 6.61 Å². The molecule has 0 saturated carbocycles. The zero-order chi connectivity index (χ0) is 17.4. The molecule has 0 aromatic carbocycles. The van der Waals surface area contributed by atoms with E-state index in [2.05, 4.69) is 27.7 Å². The van der Waals surface area contributed by atoms with Gasteiger partial charge in [0.05, 0.1) is 6.61 Å². The molecule has 0 aliphatic carbocycles. The highest BCUT2D eigenvalue weighted by Gasteiger charge is 2.13. The maximum Gasteiger partial charge on any atom is 0.305 e. The van der Waals surface area contributed by atoms with Crippen LogP contribution < -0.4 is 0 Å². The van der Waals surface area contributed by atoms with E-state index in [-0.39, 0.29) is 11.4 Å². The fraction of sp³-hybridized carbons (Fsp3) is 0.952. The lowest BCUT2D eigenvalue weighted by molar-refractivity contribution is -0.144. The molecule has 0 rings (SSSR count). The second-order valence-corrected chi connectivity index (χ2v) is 8.17. The van der Waals surface area contributed by atoms with Crippen LogP contribution in [0.3, 0.4) is 0 Å². The fourth-order valence-electron chi connectivity index (χ4n) is 2.68. The topological polar surface area (TPSA) is 26.3 Å². The van der Waals surface area contributed by atoms with E-state index in [1.807, 2.05) is 0 Å². The van der Waals surface area contributed by atoms with E-state index in [0.29, 0.717) is 13.0 Å². The molecule has 0 fully saturated rings. The summed E-state index contributed by atoms with van der Waals surface area (Å²) in [6.45, 7) is 9.36. The van der Waals surface area contributed by atoms with E-state index in [1.165, 1.54) is 70.6 Å². The molecule has 0 spiro atoms. The number of unbranched alkanes of at least 4 members (excludes halogenated alkanes) is 11. The molecule has 0 aliphatic rings. The first kappa shape index (κ1) is 22.5. The predicted molar refractivity (Wildman–Crippen MR) is 101 cm³/mol. The lowest BCUT2D eigenvalue weighted by Gasteiger charge is -2.16. The van der Waals surface area contributed by atoms with Gasteiger partial charge in [-0.05, 0) is 18.3 Å². The lowest BCUT2D eigenvalue weighted by atomic mass is 9.91. The number of hydrogen-bond acceptors (Lipinski definition) is 2. The summed E-state index contributed by atoms with van der Waals surface area (Å²) >= 11 is 0. The number of carbonyl (C=O) groups excluding carboxylic acids is 1. The molecular weight excluding hydrogens is 284 g/mol. The molecule has 0 aromatic rings. The van der Waals surface area contributed by atoms with Crippen LogP contribution in [-0.2, 0) is 9.53 Å². The van der Waals surface area contributed by atoms with Gasteiger partial charge in [-0.2, -0.15) is 0 Å². The summed E-state index contributed by atoms with van der Waals surface area (Å²) < 4.78 is 5.29. The van der Waals surface area contributed by atoms with Crippen LogP contribution >= 0.6 is 0 Å². The number of carbonyl (C=O) groups is 1. The highest BCUT2D eigenvalue weighted by molar-refractivity contribution is 5.69. The van der Waals surface area contributed by atoms with Crippen molar-refractivity contribution in [3.05, 3.63) is 0 Å². The number of hydrogen-bond donors (Lipinski definition) is 0. The van der Waals surface area contributed by atoms with E-state index in [4.69, 9.17) is 4.74 Å². The van der Waals surface area contributed by atoms with Gasteiger partial charge in [0.2, 0.25) is 0 Å². The molecule has 0 N–H and O–H groups in total. The molecule has 0 amide bonds. The van der Waals surface area contributed by atoms with Crippen molar-refractivity contribution in [2.45, 2.75) is 118 Å². The average Bonchev–Trinajstić information content (AvgIpc) is 2.49. The number of esters is 1. The van der Waals surface area contributed by atoms with Crippen molar-refractivity contribution in [1.82, 2.24) is 0 Å². The third kappa shape index (κ3) is 19.4. The second kappa shape index (κ2) is 15.0. The molecule has 2 heteroatoms. The molecule has 0 saturated heterocycles. The molecule has 0 bridgehead atoms. The Morgan fingerprint density at radius 1 is 0.739 bits per heavy atom. The normalized spacial score (nSPS) is 11.7. The summed E-state index contributed by atoms with van der Waals surface area (Å²) in [5, 5.41) is 0. The molecule has 0 atom stereocenters. The fourth-order valence-corrected chi connectivity index (χ4v) is 2.68. The van der Waals surface area contributed by atoms with Crippen molar-refractivity contribution < 1.29 is 9.53 Å². The summed E-state index contributed by atoms with van der Waals surface area (Å²) in [6, 6.07) is 0. The van der Waals surface area contributed by atoms with Gasteiger partial charge in [-0.1, -0.05) is 98.3 Å². The van der Waals surface area contributed by atoms with Crippen LogP contribution in [0.1, 0.15) is 118 Å². The Morgan fingerprint density at radius 3 is 1.61 bits per heavy atom. The number of ether oxygens (including phenoxy) is 1. The summed E-state index contributed by atoms with van der Waals surface area (Å²) in [7, 11) is 0. The van der Waals surface area contributed by atoms with Crippen LogP contribution in [0, 0.1) is 5.41 Å². The van der Waals surface area contributed by atoms with E-state index in [0.717, 1.165) is 12.8 Å². The van der Waals surface area contributed by atoms with Crippen LogP contribution in [0.25, 0.3) is 0 Å². The third-order valence-electron chi connectivity index (χ3n) is 4.34. The standard InChI is InChI=1S/C21H42O2/c1-5-6-7-8-9-10-11-12-13-14-15-16-19-23-20(22)17-18-21(2,3)4/h5-19H2,1-4H3. The molecular formula is C21H42O2. The third-order valence-corrected chi connectivity index (χ3v) is 4.34. The molecule has 0 radical (unpaired) electrons. The average molecular weight is 327 g/mol. The van der Waals surface area contributed by atoms with E-state index in [1.54, 1.807) is 0 Å². The van der Waals surface area contributed by atoms with Crippen molar-refractivity contribution in [3.63, 3.8) is 0 Å². The van der Waals surface area contributed by atoms with Gasteiger partial charge in [0.25, 0.3) is 0 Å². The predicted octanol–water partition coefficient (Wildman–Crippen LogP) is 7.06. The van der Waals surface area contributed by atoms with Gasteiger partial charge in [-0.25, -0.2) is 0 Å². The Balaban J connectivity index is 3.17. The Bertz CT molecular complexity index is 266. The molecule has 0 heterocycles. The van der Waals surface area contributed by atoms with Crippen LogP contribution in [0.2, 0.25) is 0 Å². The first-order chi connectivity index (χ1) is 11.0. The van der Waals surface area contributed by atoms with E-state index >= 15 is 0 Å². The molecule has 0 unspecified atom stereocenters. The first-order valence-electron chi connectivity index (χ1n) is 10.1.